The van der Waals surface area contributed by atoms with E-state index in [1.165, 1.54) is 18.2 Å². The van der Waals surface area contributed by atoms with Gasteiger partial charge in [-0.3, -0.25) is 4.79 Å². The van der Waals surface area contributed by atoms with E-state index in [0.29, 0.717) is 47.4 Å². The molecule has 1 aliphatic heterocycles. The van der Waals surface area contributed by atoms with Crippen molar-refractivity contribution in [2.45, 2.75) is 18.3 Å². The lowest BCUT2D eigenvalue weighted by atomic mass is 9.73. The second kappa shape index (κ2) is 7.50. The minimum atomic E-state index is -0.846. The lowest BCUT2D eigenvalue weighted by Crippen LogP contribution is -2.45. The molecule has 0 spiro atoms. The molecule has 1 heterocycles. The van der Waals surface area contributed by atoms with Gasteiger partial charge in [-0.2, -0.15) is 0 Å². The van der Waals surface area contributed by atoms with E-state index in [4.69, 9.17) is 39.5 Å². The number of hydrogen-bond donors (Lipinski definition) is 1. The molecular weight excluding hydrogens is 388 g/mol. The monoisotopic (exact) mass is 401 g/mol. The quantitative estimate of drug-likeness (QED) is 0.739. The van der Waals surface area contributed by atoms with Gasteiger partial charge >= 0.3 is 0 Å². The van der Waals surface area contributed by atoms with Crippen LogP contribution >= 0.6 is 34.8 Å². The Labute approximate surface area is 160 Å². The van der Waals surface area contributed by atoms with Crippen LogP contribution < -0.4 is 5.32 Å². The van der Waals surface area contributed by atoms with Gasteiger partial charge in [0.1, 0.15) is 5.82 Å². The Hall–Kier alpha value is -1.33. The number of amides is 1. The van der Waals surface area contributed by atoms with E-state index < -0.39 is 11.2 Å². The van der Waals surface area contributed by atoms with Crippen molar-refractivity contribution in [2.75, 3.05) is 18.5 Å². The number of nitrogens with one attached hydrogen (secondary N) is 1. The molecule has 0 aliphatic carbocycles. The Balaban J connectivity index is 1.97. The van der Waals surface area contributed by atoms with E-state index in [1.54, 1.807) is 18.2 Å². The highest BCUT2D eigenvalue weighted by atomic mass is 35.5. The van der Waals surface area contributed by atoms with E-state index in [9.17, 15) is 9.18 Å². The zero-order chi connectivity index (χ0) is 18.0. The molecule has 0 saturated carbocycles. The van der Waals surface area contributed by atoms with E-state index in [-0.39, 0.29) is 10.9 Å². The van der Waals surface area contributed by atoms with Crippen molar-refractivity contribution in [1.29, 1.82) is 0 Å². The molecule has 132 valence electrons. The van der Waals surface area contributed by atoms with E-state index >= 15 is 0 Å². The van der Waals surface area contributed by atoms with Crippen molar-refractivity contribution >= 4 is 46.4 Å². The van der Waals surface area contributed by atoms with Crippen LogP contribution in [0.5, 0.6) is 0 Å². The highest BCUT2D eigenvalue weighted by Gasteiger charge is 2.43. The van der Waals surface area contributed by atoms with Crippen LogP contribution in [0, 0.1) is 5.82 Å². The molecule has 1 aliphatic rings. The van der Waals surface area contributed by atoms with Crippen molar-refractivity contribution in [3.8, 4) is 0 Å². The van der Waals surface area contributed by atoms with Gasteiger partial charge in [0, 0.05) is 28.9 Å². The number of ether oxygens (including phenoxy) is 1. The van der Waals surface area contributed by atoms with E-state index in [1.807, 2.05) is 0 Å². The number of anilines is 1. The summed E-state index contributed by atoms with van der Waals surface area (Å²) in [7, 11) is 0. The first kappa shape index (κ1) is 18.5. The standard InChI is InChI=1S/C18H15Cl3FNO2/c19-11-1-3-13(14(20)9-11)18(5-7-25-8-6-18)17(24)23-12-2-4-16(22)15(21)10-12/h1-4,9-10H,5-8H2,(H,23,24). The maximum absolute atomic E-state index is 13.3. The molecule has 7 heteroatoms. The van der Waals surface area contributed by atoms with Crippen LogP contribution in [0.25, 0.3) is 0 Å². The highest BCUT2D eigenvalue weighted by molar-refractivity contribution is 6.35. The van der Waals surface area contributed by atoms with Crippen LogP contribution in [0.15, 0.2) is 36.4 Å². The van der Waals surface area contributed by atoms with Crippen molar-refractivity contribution in [3.05, 3.63) is 62.8 Å². The SMILES string of the molecule is O=C(Nc1ccc(F)c(Cl)c1)C1(c2ccc(Cl)cc2Cl)CCOCC1. The molecule has 1 amide bonds. The summed E-state index contributed by atoms with van der Waals surface area (Å²) in [5, 5.41) is 3.70. The lowest BCUT2D eigenvalue weighted by molar-refractivity contribution is -0.125. The van der Waals surface area contributed by atoms with Gasteiger partial charge in [0.15, 0.2) is 0 Å². The third kappa shape index (κ3) is 3.77. The molecule has 0 aromatic heterocycles. The minimum absolute atomic E-state index is 0.0525. The first-order valence-corrected chi connectivity index (χ1v) is 8.85. The van der Waals surface area contributed by atoms with Crippen LogP contribution in [0.3, 0.4) is 0 Å². The maximum Gasteiger partial charge on any atom is 0.235 e. The largest absolute Gasteiger partial charge is 0.381 e. The van der Waals surface area contributed by atoms with Gasteiger partial charge in [-0.1, -0.05) is 40.9 Å². The average molecular weight is 403 g/mol. The van der Waals surface area contributed by atoms with Crippen molar-refractivity contribution in [2.24, 2.45) is 0 Å². The minimum Gasteiger partial charge on any atom is -0.381 e. The van der Waals surface area contributed by atoms with E-state index in [2.05, 4.69) is 5.32 Å². The second-order valence-corrected chi connectivity index (χ2v) is 7.15. The fraction of sp³-hybridized carbons (Fsp3) is 0.278. The fourth-order valence-electron chi connectivity index (χ4n) is 3.04. The summed E-state index contributed by atoms with van der Waals surface area (Å²) >= 11 is 18.1. The summed E-state index contributed by atoms with van der Waals surface area (Å²) in [6.45, 7) is 0.882. The molecule has 0 bridgehead atoms. The highest BCUT2D eigenvalue weighted by Crippen LogP contribution is 2.40. The van der Waals surface area contributed by atoms with Crippen LogP contribution in [-0.4, -0.2) is 19.1 Å². The summed E-state index contributed by atoms with van der Waals surface area (Å²) in [6.07, 6.45) is 0.963. The molecule has 2 aromatic carbocycles. The number of rotatable bonds is 3. The van der Waals surface area contributed by atoms with Crippen LogP contribution in [0.2, 0.25) is 15.1 Å². The predicted octanol–water partition coefficient (Wildman–Crippen LogP) is 5.47. The Kier molecular flexibility index (Phi) is 5.54. The normalized spacial score (nSPS) is 16.5. The lowest BCUT2D eigenvalue weighted by Gasteiger charge is -2.36. The summed E-state index contributed by atoms with van der Waals surface area (Å²) in [6, 6.07) is 9.16. The summed E-state index contributed by atoms with van der Waals surface area (Å²) < 4.78 is 18.8. The van der Waals surface area contributed by atoms with Gasteiger partial charge in [-0.05, 0) is 48.7 Å². The van der Waals surface area contributed by atoms with E-state index in [0.717, 1.165) is 0 Å². The molecule has 1 saturated heterocycles. The molecule has 3 nitrogen and oxygen atoms in total. The third-order valence-corrected chi connectivity index (χ3v) is 5.24. The first-order valence-electron chi connectivity index (χ1n) is 7.72. The van der Waals surface area contributed by atoms with Crippen LogP contribution in [0.4, 0.5) is 10.1 Å². The summed E-state index contributed by atoms with van der Waals surface area (Å²) in [4.78, 5) is 13.1. The smallest absolute Gasteiger partial charge is 0.235 e. The van der Waals surface area contributed by atoms with Crippen molar-refractivity contribution < 1.29 is 13.9 Å². The van der Waals surface area contributed by atoms with Gasteiger partial charge in [0.2, 0.25) is 5.91 Å². The molecule has 1 N–H and O–H groups in total. The van der Waals surface area contributed by atoms with Crippen molar-refractivity contribution in [1.82, 2.24) is 0 Å². The second-order valence-electron chi connectivity index (χ2n) is 5.90. The zero-order valence-corrected chi connectivity index (χ0v) is 15.4. The number of benzene rings is 2. The van der Waals surface area contributed by atoms with Gasteiger partial charge in [-0.25, -0.2) is 4.39 Å². The van der Waals surface area contributed by atoms with Crippen molar-refractivity contribution in [3.63, 3.8) is 0 Å². The molecule has 3 rings (SSSR count). The topological polar surface area (TPSA) is 38.3 Å². The number of carbonyl (C=O) groups is 1. The van der Waals surface area contributed by atoms with Gasteiger partial charge in [0.25, 0.3) is 0 Å². The third-order valence-electron chi connectivity index (χ3n) is 4.41. The first-order chi connectivity index (χ1) is 11.9. The number of hydrogen-bond acceptors (Lipinski definition) is 2. The van der Waals surface area contributed by atoms with Gasteiger partial charge < -0.3 is 10.1 Å². The molecule has 0 atom stereocenters. The molecule has 0 unspecified atom stereocenters. The van der Waals surface area contributed by atoms with Crippen LogP contribution in [0.1, 0.15) is 18.4 Å². The average Bonchev–Trinajstić information content (AvgIpc) is 2.58. The Morgan fingerprint density at radius 3 is 2.40 bits per heavy atom. The maximum atomic E-state index is 13.3. The molecule has 2 aromatic rings. The zero-order valence-electron chi connectivity index (χ0n) is 13.1. The number of halogens is 4. The molecule has 25 heavy (non-hydrogen) atoms. The molecular formula is C18H15Cl3FNO2. The van der Waals surface area contributed by atoms with Gasteiger partial charge in [-0.15, -0.1) is 0 Å². The predicted molar refractivity (Wildman–Crippen MR) is 98.2 cm³/mol. The molecule has 0 radical (unpaired) electrons. The fourth-order valence-corrected chi connectivity index (χ4v) is 3.81. The summed E-state index contributed by atoms with van der Waals surface area (Å²) in [5.41, 5.74) is 0.278. The molecule has 1 fully saturated rings. The Morgan fingerprint density at radius 2 is 1.76 bits per heavy atom. The summed E-state index contributed by atoms with van der Waals surface area (Å²) in [5.74, 6) is -0.774. The number of carbonyl (C=O) groups excluding carboxylic acids is 1. The van der Waals surface area contributed by atoms with Gasteiger partial charge in [0.05, 0.1) is 10.4 Å². The van der Waals surface area contributed by atoms with Crippen LogP contribution in [-0.2, 0) is 14.9 Å². The Morgan fingerprint density at radius 1 is 1.04 bits per heavy atom. The Bertz CT molecular complexity index is 807.